The van der Waals surface area contributed by atoms with E-state index in [1.165, 1.54) is 0 Å². The van der Waals surface area contributed by atoms with Crippen LogP contribution in [0.15, 0.2) is 57.2 Å². The van der Waals surface area contributed by atoms with Crippen molar-refractivity contribution in [2.45, 2.75) is 14.7 Å². The second-order valence-electron chi connectivity index (χ2n) is 4.69. The van der Waals surface area contributed by atoms with E-state index in [0.717, 1.165) is 30.3 Å². The first-order valence-electron chi connectivity index (χ1n) is 6.25. The number of non-ortho nitro benzene ring substituents is 1. The van der Waals surface area contributed by atoms with E-state index >= 15 is 0 Å². The quantitative estimate of drug-likeness (QED) is 0.582. The highest BCUT2D eigenvalue weighted by Gasteiger charge is 2.27. The lowest BCUT2D eigenvalue weighted by molar-refractivity contribution is -0.387. The average molecular weight is 387 g/mol. The molecule has 132 valence electrons. The molecule has 0 amide bonds. The first-order chi connectivity index (χ1) is 11.4. The van der Waals surface area contributed by atoms with Crippen molar-refractivity contribution < 1.29 is 26.7 Å². The molecule has 13 heteroatoms. The lowest BCUT2D eigenvalue weighted by Crippen LogP contribution is -2.15. The molecule has 0 aliphatic rings. The molecule has 0 aliphatic carbocycles. The van der Waals surface area contributed by atoms with Crippen molar-refractivity contribution in [3.63, 3.8) is 0 Å². The van der Waals surface area contributed by atoms with Gasteiger partial charge in [0.2, 0.25) is 19.9 Å². The molecule has 0 radical (unpaired) electrons. The molecule has 2 aromatic rings. The zero-order valence-corrected chi connectivity index (χ0v) is 13.7. The molecule has 0 spiro atoms. The van der Waals surface area contributed by atoms with Crippen LogP contribution < -0.4 is 5.14 Å². The number of sulfone groups is 1. The molecule has 11 nitrogen and oxygen atoms in total. The molecule has 0 unspecified atom stereocenters. The van der Waals surface area contributed by atoms with Crippen LogP contribution in [-0.4, -0.2) is 26.7 Å². The maximum absolute atomic E-state index is 12.5. The third kappa shape index (κ3) is 3.62. The topological polar surface area (TPSA) is 181 Å². The molecule has 2 N–H and O–H groups in total. The Hall–Kier alpha value is -2.90. The smallest absolute Gasteiger partial charge is 0.258 e. The molecule has 0 saturated heterocycles. The van der Waals surface area contributed by atoms with Gasteiger partial charge in [0.1, 0.15) is 0 Å². The fraction of sp³-hybridized carbons (Fsp3) is 0. The lowest BCUT2D eigenvalue weighted by Gasteiger charge is -2.07. The van der Waals surface area contributed by atoms with E-state index in [4.69, 9.17) is 5.14 Å². The maximum atomic E-state index is 12.5. The number of nitrogens with zero attached hydrogens (tertiary/aromatic N) is 2. The van der Waals surface area contributed by atoms with Crippen LogP contribution >= 0.6 is 0 Å². The Morgan fingerprint density at radius 3 is 1.76 bits per heavy atom. The second kappa shape index (κ2) is 6.19. The minimum absolute atomic E-state index is 0.340. The zero-order chi connectivity index (χ0) is 19.0. The normalized spacial score (nSPS) is 11.9. The summed E-state index contributed by atoms with van der Waals surface area (Å²) in [6, 6.07) is 5.97. The number of benzene rings is 2. The molecule has 0 fully saturated rings. The zero-order valence-electron chi connectivity index (χ0n) is 12.1. The molecule has 0 bridgehead atoms. The van der Waals surface area contributed by atoms with E-state index < -0.39 is 45.2 Å². The number of nitro groups is 2. The highest BCUT2D eigenvalue weighted by atomic mass is 32.2. The Labute approximate surface area is 141 Å². The van der Waals surface area contributed by atoms with E-state index in [9.17, 15) is 37.1 Å². The van der Waals surface area contributed by atoms with Gasteiger partial charge in [-0.2, -0.15) is 0 Å². The van der Waals surface area contributed by atoms with Crippen molar-refractivity contribution in [1.82, 2.24) is 0 Å². The molecule has 0 aliphatic heterocycles. The molecule has 0 atom stereocenters. The van der Waals surface area contributed by atoms with Crippen LogP contribution in [0.2, 0.25) is 0 Å². The van der Waals surface area contributed by atoms with Crippen molar-refractivity contribution >= 4 is 31.2 Å². The van der Waals surface area contributed by atoms with E-state index in [-0.39, 0.29) is 10.6 Å². The first kappa shape index (κ1) is 18.4. The van der Waals surface area contributed by atoms with E-state index in [2.05, 4.69) is 0 Å². The number of rotatable bonds is 5. The second-order valence-corrected chi connectivity index (χ2v) is 8.17. The number of hydrogen-bond acceptors (Lipinski definition) is 8. The van der Waals surface area contributed by atoms with Crippen molar-refractivity contribution in [1.29, 1.82) is 0 Å². The molecule has 0 aromatic heterocycles. The average Bonchev–Trinajstić information content (AvgIpc) is 2.53. The van der Waals surface area contributed by atoms with Crippen LogP contribution in [-0.2, 0) is 19.9 Å². The largest absolute Gasteiger partial charge is 0.289 e. The van der Waals surface area contributed by atoms with Crippen LogP contribution in [0.5, 0.6) is 0 Å². The van der Waals surface area contributed by atoms with Crippen LogP contribution in [0.4, 0.5) is 11.4 Å². The summed E-state index contributed by atoms with van der Waals surface area (Å²) in [7, 11) is -8.83. The van der Waals surface area contributed by atoms with Gasteiger partial charge in [0.25, 0.3) is 11.4 Å². The Morgan fingerprint density at radius 2 is 1.32 bits per heavy atom. The highest BCUT2D eigenvalue weighted by Crippen LogP contribution is 2.29. The minimum atomic E-state index is -4.56. The summed E-state index contributed by atoms with van der Waals surface area (Å²) in [6.07, 6.45) is 0. The number of hydrogen-bond donors (Lipinski definition) is 1. The number of nitro benzene ring substituents is 2. The fourth-order valence-corrected chi connectivity index (χ4v) is 4.01. The van der Waals surface area contributed by atoms with Gasteiger partial charge in [-0.05, 0) is 24.3 Å². The SMILES string of the molecule is NS(=O)(=O)c1cc(S(=O)(=O)c2ccc([N+](=O)[O-])cc2)ccc1[N+](=O)[O-]. The summed E-state index contributed by atoms with van der Waals surface area (Å²) < 4.78 is 48.0. The molecular weight excluding hydrogens is 378 g/mol. The maximum Gasteiger partial charge on any atom is 0.289 e. The van der Waals surface area contributed by atoms with Gasteiger partial charge >= 0.3 is 0 Å². The Balaban J connectivity index is 2.64. The van der Waals surface area contributed by atoms with Gasteiger partial charge in [0, 0.05) is 18.2 Å². The van der Waals surface area contributed by atoms with Crippen molar-refractivity contribution in [2.75, 3.05) is 0 Å². The van der Waals surface area contributed by atoms with Gasteiger partial charge in [-0.1, -0.05) is 0 Å². The summed E-state index contributed by atoms with van der Waals surface area (Å²) in [5.41, 5.74) is -1.21. The standard InChI is InChI=1S/C12H9N3O8S2/c13-25(22,23)12-7-10(5-6-11(12)15(18)19)24(20,21)9-3-1-8(2-4-9)14(16)17/h1-7H,(H2,13,22,23). The van der Waals surface area contributed by atoms with Crippen LogP contribution in [0.25, 0.3) is 0 Å². The fourth-order valence-electron chi connectivity index (χ4n) is 1.92. The Morgan fingerprint density at radius 1 is 0.800 bits per heavy atom. The summed E-state index contributed by atoms with van der Waals surface area (Å²) in [5.74, 6) is 0. The number of primary sulfonamides is 1. The lowest BCUT2D eigenvalue weighted by atomic mass is 10.3. The third-order valence-corrected chi connectivity index (χ3v) is 5.81. The van der Waals surface area contributed by atoms with E-state index in [1.54, 1.807) is 0 Å². The monoisotopic (exact) mass is 387 g/mol. The van der Waals surface area contributed by atoms with Crippen molar-refractivity contribution in [3.8, 4) is 0 Å². The predicted octanol–water partition coefficient (Wildman–Crippen LogP) is 0.983. The molecule has 25 heavy (non-hydrogen) atoms. The van der Waals surface area contributed by atoms with Gasteiger partial charge in [-0.25, -0.2) is 22.0 Å². The predicted molar refractivity (Wildman–Crippen MR) is 83.0 cm³/mol. The molecule has 2 rings (SSSR count). The highest BCUT2D eigenvalue weighted by molar-refractivity contribution is 7.91. The molecule has 0 saturated carbocycles. The minimum Gasteiger partial charge on any atom is -0.258 e. The summed E-state index contributed by atoms with van der Waals surface area (Å²) >= 11 is 0. The van der Waals surface area contributed by atoms with Gasteiger partial charge in [0.05, 0.1) is 19.6 Å². The molecule has 2 aromatic carbocycles. The van der Waals surface area contributed by atoms with Crippen LogP contribution in [0.3, 0.4) is 0 Å². The summed E-state index contributed by atoms with van der Waals surface area (Å²) in [4.78, 5) is 17.9. The first-order valence-corrected chi connectivity index (χ1v) is 9.28. The number of nitrogens with two attached hydrogens (primary N) is 1. The Kier molecular flexibility index (Phi) is 4.57. The van der Waals surface area contributed by atoms with Crippen molar-refractivity contribution in [2.24, 2.45) is 5.14 Å². The van der Waals surface area contributed by atoms with Gasteiger partial charge in [-0.3, -0.25) is 20.2 Å². The van der Waals surface area contributed by atoms with Gasteiger partial charge in [0.15, 0.2) is 4.90 Å². The Bertz CT molecular complexity index is 1080. The molecular formula is C12H9N3O8S2. The van der Waals surface area contributed by atoms with E-state index in [0.29, 0.717) is 12.1 Å². The van der Waals surface area contributed by atoms with Crippen LogP contribution in [0, 0.1) is 20.2 Å². The summed E-state index contributed by atoms with van der Waals surface area (Å²) in [6.45, 7) is 0. The van der Waals surface area contributed by atoms with Crippen LogP contribution in [0.1, 0.15) is 0 Å². The molecule has 0 heterocycles. The van der Waals surface area contributed by atoms with Gasteiger partial charge < -0.3 is 0 Å². The van der Waals surface area contributed by atoms with Crippen molar-refractivity contribution in [3.05, 3.63) is 62.7 Å². The summed E-state index contributed by atoms with van der Waals surface area (Å²) in [5, 5.41) is 26.4. The van der Waals surface area contributed by atoms with E-state index in [1.807, 2.05) is 0 Å². The van der Waals surface area contributed by atoms with Gasteiger partial charge in [-0.15, -0.1) is 0 Å². The number of sulfonamides is 1. The third-order valence-electron chi connectivity index (χ3n) is 3.10.